The summed E-state index contributed by atoms with van der Waals surface area (Å²) in [6.45, 7) is 3.69. The van der Waals surface area contributed by atoms with Crippen LogP contribution in [-0.2, 0) is 11.0 Å². The van der Waals surface area contributed by atoms with E-state index in [1.165, 1.54) is 5.06 Å². The summed E-state index contributed by atoms with van der Waals surface area (Å²) in [5.41, 5.74) is 1.55. The van der Waals surface area contributed by atoms with Gasteiger partial charge in [0.15, 0.2) is 5.82 Å². The van der Waals surface area contributed by atoms with Crippen LogP contribution < -0.4 is 20.0 Å². The molecule has 2 fully saturated rings. The lowest BCUT2D eigenvalue weighted by atomic mass is 10.0. The van der Waals surface area contributed by atoms with E-state index in [1.54, 1.807) is 0 Å². The van der Waals surface area contributed by atoms with E-state index < -0.39 is 17.8 Å². The van der Waals surface area contributed by atoms with Crippen molar-refractivity contribution in [2.75, 3.05) is 55.2 Å². The summed E-state index contributed by atoms with van der Waals surface area (Å²) in [7, 11) is 2.10. The average molecular weight is 513 g/mol. The Kier molecular flexibility index (Phi) is 6.04. The van der Waals surface area contributed by atoms with Crippen molar-refractivity contribution in [1.29, 1.82) is 0 Å². The van der Waals surface area contributed by atoms with Gasteiger partial charge in [-0.05, 0) is 24.7 Å². The summed E-state index contributed by atoms with van der Waals surface area (Å²) >= 11 is 0. The summed E-state index contributed by atoms with van der Waals surface area (Å²) in [5, 5.41) is 4.31. The topological polar surface area (TPSA) is 66.0 Å². The second kappa shape index (κ2) is 9.38. The van der Waals surface area contributed by atoms with Crippen LogP contribution >= 0.6 is 0 Å². The molecule has 2 saturated heterocycles. The summed E-state index contributed by atoms with van der Waals surface area (Å²) < 4.78 is 47.8. The van der Waals surface area contributed by atoms with Gasteiger partial charge in [-0.25, -0.2) is 10.0 Å². The monoisotopic (exact) mass is 512 g/mol. The highest BCUT2D eigenvalue weighted by atomic mass is 19.4. The van der Waals surface area contributed by atoms with Crippen molar-refractivity contribution in [3.8, 4) is 5.75 Å². The zero-order valence-corrected chi connectivity index (χ0v) is 20.3. The number of ether oxygens (including phenoxy) is 1. The first-order valence-corrected chi connectivity index (χ1v) is 12.3. The maximum atomic E-state index is 13.9. The number of hydrogen-bond donors (Lipinski definition) is 1. The van der Waals surface area contributed by atoms with Gasteiger partial charge in [-0.1, -0.05) is 30.3 Å². The summed E-state index contributed by atoms with van der Waals surface area (Å²) in [5.74, 6) is 0.453. The molecule has 3 aromatic rings. The van der Waals surface area contributed by atoms with Crippen LogP contribution in [-0.4, -0.2) is 60.8 Å². The Hall–Kier alpha value is -3.57. The second-order valence-corrected chi connectivity index (χ2v) is 9.53. The Morgan fingerprint density at radius 3 is 2.73 bits per heavy atom. The van der Waals surface area contributed by atoms with E-state index in [-0.39, 0.29) is 11.8 Å². The highest BCUT2D eigenvalue weighted by molar-refractivity contribution is 5.69. The number of nitrogens with zero attached hydrogens (tertiary/aromatic N) is 5. The van der Waals surface area contributed by atoms with E-state index in [0.29, 0.717) is 31.4 Å². The van der Waals surface area contributed by atoms with E-state index in [4.69, 9.17) is 9.57 Å². The van der Waals surface area contributed by atoms with Crippen LogP contribution in [0.25, 0.3) is 0 Å². The number of anilines is 4. The number of benzene rings is 2. The predicted octanol–water partition coefficient (Wildman–Crippen LogP) is 4.63. The van der Waals surface area contributed by atoms with Crippen LogP contribution in [0.15, 0.2) is 54.7 Å². The number of halogens is 3. The number of likely N-dealkylation sites (N-methyl/N-ethyl adjacent to an activating group) is 1. The third kappa shape index (κ3) is 4.64. The molecule has 0 saturated carbocycles. The molecule has 8 nitrogen and oxygen atoms in total. The van der Waals surface area contributed by atoms with Gasteiger partial charge in [0.25, 0.3) is 0 Å². The van der Waals surface area contributed by atoms with Crippen LogP contribution in [0.4, 0.5) is 36.3 Å². The minimum atomic E-state index is -4.64. The lowest BCUT2D eigenvalue weighted by Gasteiger charge is -2.44. The Labute approximate surface area is 212 Å². The fraction of sp³-hybridized carbons (Fsp3) is 0.385. The molecule has 0 amide bonds. The van der Waals surface area contributed by atoms with Crippen molar-refractivity contribution in [3.63, 3.8) is 0 Å². The minimum Gasteiger partial charge on any atom is -0.489 e. The van der Waals surface area contributed by atoms with Crippen molar-refractivity contribution in [1.82, 2.24) is 14.9 Å². The molecule has 6 rings (SSSR count). The molecule has 1 N–H and O–H groups in total. The minimum absolute atomic E-state index is 0.0403. The number of aromatic nitrogens is 2. The molecule has 1 aromatic heterocycles. The molecule has 0 bridgehead atoms. The number of nitrogens with one attached hydrogen (secondary N) is 1. The molecular weight excluding hydrogens is 485 g/mol. The van der Waals surface area contributed by atoms with Crippen molar-refractivity contribution in [2.24, 2.45) is 0 Å². The van der Waals surface area contributed by atoms with Crippen LogP contribution in [0.3, 0.4) is 0 Å². The first-order chi connectivity index (χ1) is 17.9. The first kappa shape index (κ1) is 23.8. The second-order valence-electron chi connectivity index (χ2n) is 9.53. The lowest BCUT2D eigenvalue weighted by Crippen LogP contribution is -2.56. The SMILES string of the molecule is CN1CCN2c3ccc(Nc4ncc(C(F)(F)F)c(N5OCC[C@H]5c5ccccc5)n4)cc3OCC2C1. The molecule has 3 aliphatic rings. The summed E-state index contributed by atoms with van der Waals surface area (Å²) in [4.78, 5) is 18.6. The van der Waals surface area contributed by atoms with Gasteiger partial charge in [0.05, 0.1) is 24.4 Å². The van der Waals surface area contributed by atoms with Crippen LogP contribution in [0.5, 0.6) is 5.75 Å². The Morgan fingerprint density at radius 1 is 1.08 bits per heavy atom. The Balaban J connectivity index is 1.29. The van der Waals surface area contributed by atoms with Gasteiger partial charge in [0.1, 0.15) is 17.9 Å². The quantitative estimate of drug-likeness (QED) is 0.543. The molecule has 0 radical (unpaired) electrons. The number of piperazine rings is 1. The average Bonchev–Trinajstić information content (AvgIpc) is 3.38. The van der Waals surface area contributed by atoms with Crippen molar-refractivity contribution >= 4 is 23.1 Å². The normalized spacial score (nSPS) is 21.8. The zero-order valence-electron chi connectivity index (χ0n) is 20.3. The number of rotatable bonds is 4. The van der Waals surface area contributed by atoms with Gasteiger partial charge < -0.3 is 19.9 Å². The molecule has 37 heavy (non-hydrogen) atoms. The third-order valence-corrected chi connectivity index (χ3v) is 7.01. The Morgan fingerprint density at radius 2 is 1.92 bits per heavy atom. The third-order valence-electron chi connectivity index (χ3n) is 7.01. The molecule has 11 heteroatoms. The van der Waals surface area contributed by atoms with Crippen molar-refractivity contribution in [2.45, 2.75) is 24.7 Å². The molecule has 2 aromatic carbocycles. The van der Waals surface area contributed by atoms with E-state index in [2.05, 4.69) is 32.1 Å². The van der Waals surface area contributed by atoms with Gasteiger partial charge in [0, 0.05) is 44.0 Å². The van der Waals surface area contributed by atoms with Gasteiger partial charge in [-0.2, -0.15) is 18.2 Å². The molecule has 0 spiro atoms. The summed E-state index contributed by atoms with van der Waals surface area (Å²) in [6, 6.07) is 14.9. The molecule has 194 valence electrons. The van der Waals surface area contributed by atoms with Crippen LogP contribution in [0, 0.1) is 0 Å². The van der Waals surface area contributed by atoms with E-state index >= 15 is 0 Å². The smallest absolute Gasteiger partial charge is 0.421 e. The molecule has 1 unspecified atom stereocenters. The summed E-state index contributed by atoms with van der Waals surface area (Å²) in [6.07, 6.45) is -3.29. The number of fused-ring (bicyclic) bond motifs is 3. The van der Waals surface area contributed by atoms with E-state index in [1.807, 2.05) is 48.5 Å². The van der Waals surface area contributed by atoms with Crippen molar-refractivity contribution < 1.29 is 22.7 Å². The molecule has 3 aliphatic heterocycles. The largest absolute Gasteiger partial charge is 0.489 e. The standard InChI is InChI=1S/C26H27F3N6O2/c1-33-10-11-34-19(15-33)16-36-23-13-18(7-8-22(23)34)31-25-30-14-20(26(27,28)29)24(32-25)35-21(9-12-37-35)17-5-3-2-4-6-17/h2-8,13-14,19,21H,9-12,15-16H2,1H3,(H,30,31,32)/t19?,21-/m0/s1. The van der Waals surface area contributed by atoms with Gasteiger partial charge in [-0.3, -0.25) is 4.84 Å². The molecule has 4 heterocycles. The number of hydrogen-bond acceptors (Lipinski definition) is 8. The van der Waals surface area contributed by atoms with Gasteiger partial charge in [-0.15, -0.1) is 0 Å². The maximum Gasteiger partial charge on any atom is 0.421 e. The Bertz CT molecular complexity index is 1270. The number of hydroxylamine groups is 1. The zero-order chi connectivity index (χ0) is 25.6. The number of alkyl halides is 3. The molecular formula is C26H27F3N6O2. The fourth-order valence-electron chi connectivity index (χ4n) is 5.19. The maximum absolute atomic E-state index is 13.9. The van der Waals surface area contributed by atoms with Crippen molar-refractivity contribution in [3.05, 3.63) is 65.9 Å². The van der Waals surface area contributed by atoms with Gasteiger partial charge in [0.2, 0.25) is 5.95 Å². The lowest BCUT2D eigenvalue weighted by molar-refractivity contribution is -0.138. The predicted molar refractivity (Wildman–Crippen MR) is 133 cm³/mol. The molecule has 0 aliphatic carbocycles. The van der Waals surface area contributed by atoms with E-state index in [9.17, 15) is 13.2 Å². The first-order valence-electron chi connectivity index (χ1n) is 12.3. The van der Waals surface area contributed by atoms with E-state index in [0.717, 1.165) is 42.8 Å². The highest BCUT2D eigenvalue weighted by Crippen LogP contribution is 2.42. The fourth-order valence-corrected chi connectivity index (χ4v) is 5.19. The highest BCUT2D eigenvalue weighted by Gasteiger charge is 2.40. The van der Waals surface area contributed by atoms with Crippen LogP contribution in [0.2, 0.25) is 0 Å². The molecule has 2 atom stereocenters. The van der Waals surface area contributed by atoms with Crippen LogP contribution in [0.1, 0.15) is 23.6 Å². The van der Waals surface area contributed by atoms with Gasteiger partial charge >= 0.3 is 6.18 Å².